The Bertz CT molecular complexity index is 235. The van der Waals surface area contributed by atoms with Crippen LogP contribution in [-0.2, 0) is 13.3 Å². The summed E-state index contributed by atoms with van der Waals surface area (Å²) < 4.78 is 17.7. The van der Waals surface area contributed by atoms with Gasteiger partial charge in [-0.05, 0) is 54.3 Å². The molecule has 0 N–H and O–H groups in total. The Hall–Kier alpha value is 0.0569. The molecule has 0 radical (unpaired) electrons. The fourth-order valence-electron chi connectivity index (χ4n) is 2.83. The molecule has 0 aromatic rings. The Labute approximate surface area is 146 Å². The largest absolute Gasteiger partial charge is 0.500 e. The van der Waals surface area contributed by atoms with E-state index in [4.69, 9.17) is 13.3 Å². The number of rotatable bonds is 17. The smallest absolute Gasteiger partial charge is 0.374 e. The zero-order valence-corrected chi connectivity index (χ0v) is 17.4. The van der Waals surface area contributed by atoms with Gasteiger partial charge < -0.3 is 18.2 Å². The molecule has 23 heavy (non-hydrogen) atoms. The molecule has 4 nitrogen and oxygen atoms in total. The minimum atomic E-state index is -2.40. The maximum Gasteiger partial charge on any atom is 0.500 e. The molecule has 5 heteroatoms. The van der Waals surface area contributed by atoms with Gasteiger partial charge in [0.15, 0.2) is 0 Å². The van der Waals surface area contributed by atoms with Gasteiger partial charge in [-0.3, -0.25) is 0 Å². The van der Waals surface area contributed by atoms with E-state index in [9.17, 15) is 0 Å². The van der Waals surface area contributed by atoms with E-state index in [2.05, 4.69) is 19.0 Å². The lowest BCUT2D eigenvalue weighted by Gasteiger charge is -2.28. The molecule has 0 aromatic heterocycles. The molecular formula is C18H41NO3Si. The van der Waals surface area contributed by atoms with Crippen LogP contribution < -0.4 is 0 Å². The highest BCUT2D eigenvalue weighted by molar-refractivity contribution is 6.60. The Kier molecular flexibility index (Phi) is 15.6. The molecule has 0 saturated carbocycles. The van der Waals surface area contributed by atoms with Gasteiger partial charge in [-0.2, -0.15) is 0 Å². The molecule has 0 bridgehead atoms. The molecule has 0 spiro atoms. The number of nitrogens with zero attached hydrogens (tertiary/aromatic N) is 1. The monoisotopic (exact) mass is 347 g/mol. The Morgan fingerprint density at radius 1 is 0.609 bits per heavy atom. The van der Waals surface area contributed by atoms with Gasteiger partial charge in [0, 0.05) is 25.9 Å². The minimum Gasteiger partial charge on any atom is -0.374 e. The summed E-state index contributed by atoms with van der Waals surface area (Å²) in [5.74, 6) is 0. The lowest BCUT2D eigenvalue weighted by Crippen LogP contribution is -2.45. The van der Waals surface area contributed by atoms with Crippen LogP contribution >= 0.6 is 0 Å². The maximum atomic E-state index is 5.89. The van der Waals surface area contributed by atoms with Gasteiger partial charge in [0.2, 0.25) is 0 Å². The van der Waals surface area contributed by atoms with E-state index in [0.717, 1.165) is 12.5 Å². The van der Waals surface area contributed by atoms with Crippen LogP contribution in [0.15, 0.2) is 0 Å². The summed E-state index contributed by atoms with van der Waals surface area (Å²) in [6.07, 6.45) is 10.6. The molecule has 0 aromatic carbocycles. The minimum absolute atomic E-state index is 0.680. The van der Waals surface area contributed by atoms with Crippen LogP contribution in [0.2, 0.25) is 6.04 Å². The SMILES string of the molecule is CCO[Si](CCCCCCCCCCN(C)C)(OCC)OCC. The van der Waals surface area contributed by atoms with Crippen LogP contribution in [-0.4, -0.2) is 54.2 Å². The molecule has 0 heterocycles. The van der Waals surface area contributed by atoms with E-state index in [1.54, 1.807) is 0 Å². The molecule has 0 saturated heterocycles. The zero-order chi connectivity index (χ0) is 17.4. The molecule has 0 unspecified atom stereocenters. The second-order valence-corrected chi connectivity index (χ2v) is 9.10. The molecular weight excluding hydrogens is 306 g/mol. The van der Waals surface area contributed by atoms with Gasteiger partial charge in [-0.25, -0.2) is 0 Å². The summed E-state index contributed by atoms with van der Waals surface area (Å²) in [7, 11) is 1.90. The van der Waals surface area contributed by atoms with Crippen molar-refractivity contribution in [1.82, 2.24) is 4.90 Å². The van der Waals surface area contributed by atoms with E-state index in [1.807, 2.05) is 20.8 Å². The third kappa shape index (κ3) is 13.1. The van der Waals surface area contributed by atoms with E-state index in [-0.39, 0.29) is 0 Å². The first-order chi connectivity index (χ1) is 11.1. The van der Waals surface area contributed by atoms with Crippen LogP contribution in [0.4, 0.5) is 0 Å². The predicted molar refractivity (Wildman–Crippen MR) is 101 cm³/mol. The van der Waals surface area contributed by atoms with Crippen molar-refractivity contribution in [3.05, 3.63) is 0 Å². The van der Waals surface area contributed by atoms with Crippen molar-refractivity contribution in [3.8, 4) is 0 Å². The predicted octanol–water partition coefficient (Wildman–Crippen LogP) is 4.72. The van der Waals surface area contributed by atoms with Gasteiger partial charge >= 0.3 is 8.80 Å². The van der Waals surface area contributed by atoms with Gasteiger partial charge in [0.1, 0.15) is 0 Å². The Morgan fingerprint density at radius 2 is 1.00 bits per heavy atom. The number of unbranched alkanes of at least 4 members (excludes halogenated alkanes) is 7. The van der Waals surface area contributed by atoms with E-state index >= 15 is 0 Å². The average Bonchev–Trinajstić information content (AvgIpc) is 2.49. The van der Waals surface area contributed by atoms with Crippen molar-refractivity contribution < 1.29 is 13.3 Å². The van der Waals surface area contributed by atoms with Crippen molar-refractivity contribution in [2.75, 3.05) is 40.5 Å². The fraction of sp³-hybridized carbons (Fsp3) is 1.00. The van der Waals surface area contributed by atoms with Crippen molar-refractivity contribution >= 4 is 8.80 Å². The van der Waals surface area contributed by atoms with E-state index in [0.29, 0.717) is 19.8 Å². The highest BCUT2D eigenvalue weighted by Crippen LogP contribution is 2.20. The van der Waals surface area contributed by atoms with Crippen molar-refractivity contribution in [3.63, 3.8) is 0 Å². The van der Waals surface area contributed by atoms with Crippen LogP contribution in [0.5, 0.6) is 0 Å². The molecule has 0 rings (SSSR count). The first kappa shape index (κ1) is 23.1. The highest BCUT2D eigenvalue weighted by Gasteiger charge is 2.39. The molecule has 0 aliphatic carbocycles. The standard InChI is InChI=1S/C18H41NO3Si/c1-6-20-23(21-7-2,22-8-3)18-16-14-12-10-9-11-13-15-17-19(4)5/h6-18H2,1-5H3. The molecule has 0 aliphatic rings. The summed E-state index contributed by atoms with van der Waals surface area (Å²) >= 11 is 0. The molecule has 0 aliphatic heterocycles. The van der Waals surface area contributed by atoms with Crippen LogP contribution in [0, 0.1) is 0 Å². The Morgan fingerprint density at radius 3 is 1.39 bits per heavy atom. The molecule has 0 fully saturated rings. The molecule has 140 valence electrons. The Balaban J connectivity index is 3.69. The topological polar surface area (TPSA) is 30.9 Å². The molecule has 0 atom stereocenters. The third-order valence-corrected chi connectivity index (χ3v) is 7.08. The second kappa shape index (κ2) is 15.6. The maximum absolute atomic E-state index is 5.89. The van der Waals surface area contributed by atoms with Crippen molar-refractivity contribution in [1.29, 1.82) is 0 Å². The van der Waals surface area contributed by atoms with Crippen molar-refractivity contribution in [2.45, 2.75) is 78.2 Å². The van der Waals surface area contributed by atoms with Gasteiger partial charge in [0.05, 0.1) is 0 Å². The average molecular weight is 348 g/mol. The lowest BCUT2D eigenvalue weighted by molar-refractivity contribution is 0.0706. The quantitative estimate of drug-likeness (QED) is 0.281. The first-order valence-corrected chi connectivity index (χ1v) is 11.6. The summed E-state index contributed by atoms with van der Waals surface area (Å²) in [5.41, 5.74) is 0. The van der Waals surface area contributed by atoms with Crippen LogP contribution in [0.25, 0.3) is 0 Å². The number of hydrogen-bond donors (Lipinski definition) is 0. The van der Waals surface area contributed by atoms with Crippen molar-refractivity contribution in [2.24, 2.45) is 0 Å². The van der Waals surface area contributed by atoms with E-state index < -0.39 is 8.80 Å². The van der Waals surface area contributed by atoms with Crippen LogP contribution in [0.3, 0.4) is 0 Å². The first-order valence-electron chi connectivity index (χ1n) is 9.66. The number of hydrogen-bond acceptors (Lipinski definition) is 4. The normalized spacial score (nSPS) is 12.3. The van der Waals surface area contributed by atoms with Gasteiger partial charge in [0.25, 0.3) is 0 Å². The van der Waals surface area contributed by atoms with Crippen LogP contribution in [0.1, 0.15) is 72.1 Å². The summed E-state index contributed by atoms with van der Waals surface area (Å²) in [6, 6.07) is 0.964. The highest BCUT2D eigenvalue weighted by atomic mass is 28.4. The van der Waals surface area contributed by atoms with Gasteiger partial charge in [-0.1, -0.05) is 38.5 Å². The van der Waals surface area contributed by atoms with Gasteiger partial charge in [-0.15, -0.1) is 0 Å². The zero-order valence-electron chi connectivity index (χ0n) is 16.4. The third-order valence-electron chi connectivity index (χ3n) is 3.93. The van der Waals surface area contributed by atoms with E-state index in [1.165, 1.54) is 51.5 Å². The fourth-order valence-corrected chi connectivity index (χ4v) is 5.52. The molecule has 0 amide bonds. The summed E-state index contributed by atoms with van der Waals surface area (Å²) in [4.78, 5) is 2.27. The summed E-state index contributed by atoms with van der Waals surface area (Å²) in [5, 5.41) is 0. The lowest BCUT2D eigenvalue weighted by atomic mass is 10.1. The summed E-state index contributed by atoms with van der Waals surface area (Å²) in [6.45, 7) is 9.33. The second-order valence-electron chi connectivity index (χ2n) is 6.36.